The molecule has 4 rings (SSSR count). The van der Waals surface area contributed by atoms with Crippen LogP contribution in [-0.2, 0) is 12.8 Å². The average Bonchev–Trinajstić information content (AvgIpc) is 2.55. The summed E-state index contributed by atoms with van der Waals surface area (Å²) >= 11 is 0. The summed E-state index contributed by atoms with van der Waals surface area (Å²) in [7, 11) is 0. The number of ketones is 1. The molecule has 0 saturated carbocycles. The smallest absolute Gasteiger partial charge is 0.189 e. The average molecular weight is 272 g/mol. The predicted octanol–water partition coefficient (Wildman–Crippen LogP) is 4.38. The molecule has 1 nitrogen and oxygen atoms in total. The summed E-state index contributed by atoms with van der Waals surface area (Å²) in [6, 6.07) is 16.4. The largest absolute Gasteiger partial charge is 0.289 e. The maximum atomic E-state index is 12.7. The van der Waals surface area contributed by atoms with E-state index in [1.54, 1.807) is 0 Å². The van der Waals surface area contributed by atoms with Crippen molar-refractivity contribution in [2.45, 2.75) is 19.3 Å². The Labute approximate surface area is 124 Å². The van der Waals surface area contributed by atoms with E-state index in [1.807, 2.05) is 18.2 Å². The highest BCUT2D eigenvalue weighted by atomic mass is 16.1. The summed E-state index contributed by atoms with van der Waals surface area (Å²) in [5.74, 6) is 0.218. The third-order valence-electron chi connectivity index (χ3n) is 4.47. The van der Waals surface area contributed by atoms with Crippen molar-refractivity contribution in [1.82, 2.24) is 0 Å². The Morgan fingerprint density at radius 2 is 1.52 bits per heavy atom. The van der Waals surface area contributed by atoms with Crippen molar-refractivity contribution in [3.05, 3.63) is 88.0 Å². The summed E-state index contributed by atoms with van der Waals surface area (Å²) in [6.45, 7) is 0. The summed E-state index contributed by atoms with van der Waals surface area (Å²) in [6.07, 6.45) is 6.96. The van der Waals surface area contributed by atoms with Gasteiger partial charge in [0, 0.05) is 11.1 Å². The van der Waals surface area contributed by atoms with Crippen LogP contribution in [0.25, 0.3) is 6.08 Å². The second kappa shape index (κ2) is 4.85. The fourth-order valence-corrected chi connectivity index (χ4v) is 3.32. The zero-order valence-electron chi connectivity index (χ0n) is 11.8. The van der Waals surface area contributed by atoms with Crippen molar-refractivity contribution in [2.24, 2.45) is 0 Å². The highest BCUT2D eigenvalue weighted by molar-refractivity contribution is 6.11. The normalized spacial score (nSPS) is 20.1. The zero-order valence-corrected chi connectivity index (χ0v) is 11.8. The summed E-state index contributed by atoms with van der Waals surface area (Å²) in [4.78, 5) is 12.7. The Morgan fingerprint density at radius 3 is 2.43 bits per heavy atom. The fraction of sp³-hybridized carbons (Fsp3) is 0.150. The molecule has 0 radical (unpaired) electrons. The van der Waals surface area contributed by atoms with Crippen LogP contribution in [0.15, 0.2) is 65.8 Å². The zero-order chi connectivity index (χ0) is 14.2. The molecule has 0 unspecified atom stereocenters. The summed E-state index contributed by atoms with van der Waals surface area (Å²) in [5, 5.41) is 0. The van der Waals surface area contributed by atoms with Crippen LogP contribution in [0, 0.1) is 0 Å². The quantitative estimate of drug-likeness (QED) is 0.650. The van der Waals surface area contributed by atoms with E-state index in [4.69, 9.17) is 0 Å². The van der Waals surface area contributed by atoms with E-state index < -0.39 is 0 Å². The first-order valence-corrected chi connectivity index (χ1v) is 7.43. The number of aryl methyl sites for hydroxylation is 1. The minimum atomic E-state index is 0.218. The van der Waals surface area contributed by atoms with Crippen molar-refractivity contribution in [2.75, 3.05) is 0 Å². The molecule has 0 heterocycles. The van der Waals surface area contributed by atoms with Gasteiger partial charge in [-0.3, -0.25) is 4.79 Å². The Hall–Kier alpha value is -2.41. The van der Waals surface area contributed by atoms with Crippen LogP contribution < -0.4 is 0 Å². The molecule has 0 N–H and O–H groups in total. The molecule has 0 aliphatic heterocycles. The summed E-state index contributed by atoms with van der Waals surface area (Å²) < 4.78 is 0. The van der Waals surface area contributed by atoms with Gasteiger partial charge in [-0.05, 0) is 41.5 Å². The van der Waals surface area contributed by atoms with E-state index >= 15 is 0 Å². The molecule has 102 valence electrons. The second-order valence-electron chi connectivity index (χ2n) is 5.70. The SMILES string of the molecule is O=C1/C(=C2\C=Cc3ccccc3C2)CCc2ccccc21. The minimum Gasteiger partial charge on any atom is -0.289 e. The molecule has 1 heteroatoms. The Morgan fingerprint density at radius 1 is 0.762 bits per heavy atom. The number of hydrogen-bond donors (Lipinski definition) is 0. The van der Waals surface area contributed by atoms with Gasteiger partial charge < -0.3 is 0 Å². The lowest BCUT2D eigenvalue weighted by Gasteiger charge is -2.22. The van der Waals surface area contributed by atoms with Crippen molar-refractivity contribution < 1.29 is 4.79 Å². The van der Waals surface area contributed by atoms with Gasteiger partial charge in [-0.1, -0.05) is 60.7 Å². The molecular weight excluding hydrogens is 256 g/mol. The number of hydrogen-bond acceptors (Lipinski definition) is 1. The number of carbonyl (C=O) groups excluding carboxylic acids is 1. The Balaban J connectivity index is 1.77. The fourth-order valence-electron chi connectivity index (χ4n) is 3.32. The van der Waals surface area contributed by atoms with E-state index in [9.17, 15) is 4.79 Å². The van der Waals surface area contributed by atoms with E-state index in [0.29, 0.717) is 0 Å². The molecule has 21 heavy (non-hydrogen) atoms. The van der Waals surface area contributed by atoms with Crippen molar-refractivity contribution in [3.8, 4) is 0 Å². The second-order valence-corrected chi connectivity index (χ2v) is 5.70. The molecule has 2 aliphatic carbocycles. The van der Waals surface area contributed by atoms with Crippen LogP contribution in [0.3, 0.4) is 0 Å². The summed E-state index contributed by atoms with van der Waals surface area (Å²) in [5.41, 5.74) is 6.85. The van der Waals surface area contributed by atoms with Crippen LogP contribution in [0.1, 0.15) is 33.5 Å². The number of carbonyl (C=O) groups is 1. The predicted molar refractivity (Wildman–Crippen MR) is 85.3 cm³/mol. The number of benzene rings is 2. The Bertz CT molecular complexity index is 793. The van der Waals surface area contributed by atoms with Gasteiger partial charge in [-0.2, -0.15) is 0 Å². The minimum absolute atomic E-state index is 0.218. The van der Waals surface area contributed by atoms with Crippen LogP contribution in [-0.4, -0.2) is 5.78 Å². The van der Waals surface area contributed by atoms with Gasteiger partial charge in [0.1, 0.15) is 0 Å². The first-order valence-electron chi connectivity index (χ1n) is 7.43. The molecule has 2 aliphatic rings. The number of rotatable bonds is 0. The lowest BCUT2D eigenvalue weighted by Crippen LogP contribution is -2.17. The van der Waals surface area contributed by atoms with Gasteiger partial charge in [-0.25, -0.2) is 0 Å². The maximum absolute atomic E-state index is 12.7. The molecular formula is C20H16O. The van der Waals surface area contributed by atoms with Crippen LogP contribution in [0.4, 0.5) is 0 Å². The van der Waals surface area contributed by atoms with E-state index in [0.717, 1.165) is 30.4 Å². The van der Waals surface area contributed by atoms with E-state index in [1.165, 1.54) is 22.3 Å². The highest BCUT2D eigenvalue weighted by Crippen LogP contribution is 2.31. The van der Waals surface area contributed by atoms with Crippen molar-refractivity contribution in [3.63, 3.8) is 0 Å². The van der Waals surface area contributed by atoms with Gasteiger partial charge in [0.15, 0.2) is 5.78 Å². The van der Waals surface area contributed by atoms with E-state index in [-0.39, 0.29) is 5.78 Å². The standard InChI is InChI=1S/C20H16O/c21-20-18-8-4-3-6-15(18)11-12-19(20)17-10-9-14-5-1-2-7-16(14)13-17/h1-10H,11-13H2/b19-17+. The van der Waals surface area contributed by atoms with Crippen molar-refractivity contribution >= 4 is 11.9 Å². The lowest BCUT2D eigenvalue weighted by atomic mass is 9.81. The molecule has 0 fully saturated rings. The molecule has 0 aromatic heterocycles. The number of fused-ring (bicyclic) bond motifs is 2. The maximum Gasteiger partial charge on any atom is 0.189 e. The van der Waals surface area contributed by atoms with Gasteiger partial charge >= 0.3 is 0 Å². The molecule has 2 aromatic carbocycles. The molecule has 0 spiro atoms. The molecule has 0 saturated heterocycles. The topological polar surface area (TPSA) is 17.1 Å². The first-order chi connectivity index (χ1) is 10.3. The number of allylic oxidation sites excluding steroid dienone is 3. The van der Waals surface area contributed by atoms with Crippen LogP contribution in [0.5, 0.6) is 0 Å². The number of Topliss-reactive ketones (excluding diaryl/α,β-unsaturated/α-hetero) is 1. The van der Waals surface area contributed by atoms with E-state index in [2.05, 4.69) is 42.5 Å². The molecule has 0 amide bonds. The first kappa shape index (κ1) is 12.3. The van der Waals surface area contributed by atoms with Gasteiger partial charge in [0.25, 0.3) is 0 Å². The highest BCUT2D eigenvalue weighted by Gasteiger charge is 2.24. The van der Waals surface area contributed by atoms with Gasteiger partial charge in [0.05, 0.1) is 0 Å². The monoisotopic (exact) mass is 272 g/mol. The lowest BCUT2D eigenvalue weighted by molar-refractivity contribution is 0.102. The third-order valence-corrected chi connectivity index (χ3v) is 4.47. The van der Waals surface area contributed by atoms with Crippen molar-refractivity contribution in [1.29, 1.82) is 0 Å². The third kappa shape index (κ3) is 2.06. The molecule has 0 bridgehead atoms. The molecule has 0 atom stereocenters. The Kier molecular flexibility index (Phi) is 2.85. The van der Waals surface area contributed by atoms with Gasteiger partial charge in [0.2, 0.25) is 0 Å². The van der Waals surface area contributed by atoms with Crippen LogP contribution >= 0.6 is 0 Å². The van der Waals surface area contributed by atoms with Crippen LogP contribution in [0.2, 0.25) is 0 Å². The molecule has 2 aromatic rings. The van der Waals surface area contributed by atoms with Gasteiger partial charge in [-0.15, -0.1) is 0 Å².